The molecule has 0 saturated heterocycles. The molecule has 3 aromatic rings. The number of carboxylic acids is 1. The fourth-order valence-corrected chi connectivity index (χ4v) is 4.08. The second-order valence-corrected chi connectivity index (χ2v) is 8.17. The van der Waals surface area contributed by atoms with Gasteiger partial charge in [0.05, 0.1) is 12.0 Å². The van der Waals surface area contributed by atoms with E-state index in [0.717, 1.165) is 22.4 Å². The Morgan fingerprint density at radius 2 is 1.48 bits per heavy atom. The molecule has 0 fully saturated rings. The van der Waals surface area contributed by atoms with Crippen molar-refractivity contribution in [3.8, 4) is 16.9 Å². The van der Waals surface area contributed by atoms with Crippen molar-refractivity contribution in [1.29, 1.82) is 0 Å². The number of carbonyl (C=O) groups is 1. The van der Waals surface area contributed by atoms with Crippen LogP contribution < -0.4 is 9.46 Å². The maximum Gasteiger partial charge on any atom is 0.322 e. The lowest BCUT2D eigenvalue weighted by atomic mass is 10.1. The molecule has 3 rings (SSSR count). The summed E-state index contributed by atoms with van der Waals surface area (Å²) in [5.74, 6) is -0.498. The van der Waals surface area contributed by atoms with Crippen LogP contribution in [0.4, 0.5) is 0 Å². The summed E-state index contributed by atoms with van der Waals surface area (Å²) in [6, 6.07) is 21.3. The Balaban J connectivity index is 1.77. The SMILES string of the molecule is COc1ccc(-c2ccc(S(=O)(=O)N[C@H](Cc3ccccc3)C(=O)O)cc2)cc1. The number of rotatable bonds is 8. The van der Waals surface area contributed by atoms with Crippen LogP contribution in [0.15, 0.2) is 83.8 Å². The highest BCUT2D eigenvalue weighted by Gasteiger charge is 2.25. The number of methoxy groups -OCH3 is 1. The zero-order valence-electron chi connectivity index (χ0n) is 15.8. The minimum atomic E-state index is -3.99. The smallest absolute Gasteiger partial charge is 0.322 e. The van der Waals surface area contributed by atoms with Gasteiger partial charge in [-0.15, -0.1) is 0 Å². The van der Waals surface area contributed by atoms with Crippen LogP contribution in [-0.2, 0) is 21.2 Å². The molecular formula is C22H21NO5S. The van der Waals surface area contributed by atoms with E-state index >= 15 is 0 Å². The van der Waals surface area contributed by atoms with Gasteiger partial charge >= 0.3 is 5.97 Å². The molecule has 3 aromatic carbocycles. The number of nitrogens with one attached hydrogen (secondary N) is 1. The lowest BCUT2D eigenvalue weighted by Gasteiger charge is -2.15. The van der Waals surface area contributed by atoms with Gasteiger partial charge in [0.25, 0.3) is 0 Å². The van der Waals surface area contributed by atoms with Crippen LogP contribution in [0.1, 0.15) is 5.56 Å². The van der Waals surface area contributed by atoms with Crippen molar-refractivity contribution in [1.82, 2.24) is 4.72 Å². The van der Waals surface area contributed by atoms with Crippen LogP contribution in [0.25, 0.3) is 11.1 Å². The fourth-order valence-electron chi connectivity index (χ4n) is 2.89. The first-order valence-electron chi connectivity index (χ1n) is 8.92. The first kappa shape index (κ1) is 20.6. The van der Waals surface area contributed by atoms with Gasteiger partial charge in [0.1, 0.15) is 11.8 Å². The number of hydrogen-bond donors (Lipinski definition) is 2. The van der Waals surface area contributed by atoms with E-state index in [1.807, 2.05) is 30.3 Å². The molecule has 0 radical (unpaired) electrons. The predicted octanol–water partition coefficient (Wildman–Crippen LogP) is 3.34. The summed E-state index contributed by atoms with van der Waals surface area (Å²) in [6.45, 7) is 0. The minimum absolute atomic E-state index is 0.00840. The monoisotopic (exact) mass is 411 g/mol. The lowest BCUT2D eigenvalue weighted by Crippen LogP contribution is -2.42. The summed E-state index contributed by atoms with van der Waals surface area (Å²) in [7, 11) is -2.40. The molecule has 0 aromatic heterocycles. The normalized spacial score (nSPS) is 12.3. The summed E-state index contributed by atoms with van der Waals surface area (Å²) < 4.78 is 32.8. The van der Waals surface area contributed by atoms with Crippen molar-refractivity contribution in [3.05, 3.63) is 84.4 Å². The Labute approximate surface area is 169 Å². The quantitative estimate of drug-likeness (QED) is 0.593. The van der Waals surface area contributed by atoms with Crippen molar-refractivity contribution >= 4 is 16.0 Å². The van der Waals surface area contributed by atoms with Crippen LogP contribution in [0.5, 0.6) is 5.75 Å². The molecule has 2 N–H and O–H groups in total. The number of sulfonamides is 1. The van der Waals surface area contributed by atoms with Crippen LogP contribution in [0.2, 0.25) is 0 Å². The van der Waals surface area contributed by atoms with E-state index < -0.39 is 22.0 Å². The summed E-state index contributed by atoms with van der Waals surface area (Å²) >= 11 is 0. The van der Waals surface area contributed by atoms with Gasteiger partial charge in [-0.25, -0.2) is 8.42 Å². The van der Waals surface area contributed by atoms with Gasteiger partial charge in [-0.05, 0) is 47.4 Å². The molecule has 0 amide bonds. The van der Waals surface area contributed by atoms with E-state index in [0.29, 0.717) is 0 Å². The maximum atomic E-state index is 12.7. The molecule has 0 aliphatic rings. The average Bonchev–Trinajstić information content (AvgIpc) is 2.74. The number of carboxylic acid groups (broad SMARTS) is 1. The Bertz CT molecular complexity index is 1060. The zero-order chi connectivity index (χ0) is 20.9. The van der Waals surface area contributed by atoms with Crippen molar-refractivity contribution in [3.63, 3.8) is 0 Å². The van der Waals surface area contributed by atoms with Crippen molar-refractivity contribution in [2.24, 2.45) is 0 Å². The fraction of sp³-hybridized carbons (Fsp3) is 0.136. The second kappa shape index (κ2) is 8.89. The predicted molar refractivity (Wildman–Crippen MR) is 110 cm³/mol. The number of ether oxygens (including phenoxy) is 1. The van der Waals surface area contributed by atoms with Gasteiger partial charge in [-0.3, -0.25) is 4.79 Å². The molecule has 0 bridgehead atoms. The van der Waals surface area contributed by atoms with E-state index in [4.69, 9.17) is 4.74 Å². The van der Waals surface area contributed by atoms with E-state index in [1.165, 1.54) is 12.1 Å². The van der Waals surface area contributed by atoms with E-state index in [1.54, 1.807) is 43.5 Å². The Hall–Kier alpha value is -3.16. The maximum absolute atomic E-state index is 12.7. The number of hydrogen-bond acceptors (Lipinski definition) is 4. The van der Waals surface area contributed by atoms with E-state index in [2.05, 4.69) is 4.72 Å². The van der Waals surface area contributed by atoms with Gasteiger partial charge in [0, 0.05) is 0 Å². The molecule has 0 aliphatic carbocycles. The van der Waals surface area contributed by atoms with E-state index in [9.17, 15) is 18.3 Å². The molecular weight excluding hydrogens is 390 g/mol. The molecule has 0 heterocycles. The molecule has 150 valence electrons. The molecule has 0 aliphatic heterocycles. The van der Waals surface area contributed by atoms with Gasteiger partial charge in [0.2, 0.25) is 10.0 Å². The summed E-state index contributed by atoms with van der Waals surface area (Å²) in [5, 5.41) is 9.44. The van der Waals surface area contributed by atoms with E-state index in [-0.39, 0.29) is 11.3 Å². The number of benzene rings is 3. The van der Waals surface area contributed by atoms with Crippen molar-refractivity contribution in [2.75, 3.05) is 7.11 Å². The summed E-state index contributed by atoms with van der Waals surface area (Å²) in [6.07, 6.45) is 0.0549. The third-order valence-electron chi connectivity index (χ3n) is 4.47. The number of aliphatic carboxylic acids is 1. The highest BCUT2D eigenvalue weighted by molar-refractivity contribution is 7.89. The molecule has 29 heavy (non-hydrogen) atoms. The average molecular weight is 411 g/mol. The third-order valence-corrected chi connectivity index (χ3v) is 5.95. The highest BCUT2D eigenvalue weighted by atomic mass is 32.2. The lowest BCUT2D eigenvalue weighted by molar-refractivity contribution is -0.138. The van der Waals surface area contributed by atoms with Crippen LogP contribution >= 0.6 is 0 Å². The molecule has 0 unspecified atom stereocenters. The van der Waals surface area contributed by atoms with Crippen LogP contribution in [0.3, 0.4) is 0 Å². The molecule has 0 spiro atoms. The van der Waals surface area contributed by atoms with Crippen molar-refractivity contribution < 1.29 is 23.1 Å². The van der Waals surface area contributed by atoms with Crippen LogP contribution in [-0.4, -0.2) is 32.6 Å². The molecule has 1 atom stereocenters. The zero-order valence-corrected chi connectivity index (χ0v) is 16.6. The van der Waals surface area contributed by atoms with Gasteiger partial charge in [0.15, 0.2) is 0 Å². The first-order valence-corrected chi connectivity index (χ1v) is 10.4. The Kier molecular flexibility index (Phi) is 6.31. The second-order valence-electron chi connectivity index (χ2n) is 6.45. The van der Waals surface area contributed by atoms with Crippen LogP contribution in [0, 0.1) is 0 Å². The molecule has 6 nitrogen and oxygen atoms in total. The third kappa shape index (κ3) is 5.22. The molecule has 7 heteroatoms. The van der Waals surface area contributed by atoms with Crippen molar-refractivity contribution in [2.45, 2.75) is 17.4 Å². The Morgan fingerprint density at radius 1 is 0.931 bits per heavy atom. The standard InChI is InChI=1S/C22H21NO5S/c1-28-19-11-7-17(8-12-19)18-9-13-20(14-10-18)29(26,27)23-21(22(24)25)15-16-5-3-2-4-6-16/h2-14,21,23H,15H2,1H3,(H,24,25)/t21-/m1/s1. The Morgan fingerprint density at radius 3 is 2.00 bits per heavy atom. The first-order chi connectivity index (χ1) is 13.9. The van der Waals surface area contributed by atoms with Gasteiger partial charge < -0.3 is 9.84 Å². The highest BCUT2D eigenvalue weighted by Crippen LogP contribution is 2.24. The van der Waals surface area contributed by atoms with Gasteiger partial charge in [-0.1, -0.05) is 54.6 Å². The molecule has 0 saturated carbocycles. The minimum Gasteiger partial charge on any atom is -0.497 e. The summed E-state index contributed by atoms with van der Waals surface area (Å²) in [5.41, 5.74) is 2.48. The summed E-state index contributed by atoms with van der Waals surface area (Å²) in [4.78, 5) is 11.6. The topological polar surface area (TPSA) is 92.7 Å². The van der Waals surface area contributed by atoms with Gasteiger partial charge in [-0.2, -0.15) is 4.72 Å². The largest absolute Gasteiger partial charge is 0.497 e.